The van der Waals surface area contributed by atoms with Crippen molar-refractivity contribution in [3.8, 4) is 0 Å². The Hall–Kier alpha value is -3.93. The molecule has 62 heavy (non-hydrogen) atoms. The first-order chi connectivity index (χ1) is 28.6. The Morgan fingerprint density at radius 2 is 0.935 bits per heavy atom. The molecule has 0 radical (unpaired) electrons. The van der Waals surface area contributed by atoms with Crippen LogP contribution in [-0.2, 0) is 38.4 Å². The van der Waals surface area contributed by atoms with Crippen LogP contribution in [0.1, 0.15) is 108 Å². The Kier molecular flexibility index (Phi) is 26.2. The van der Waals surface area contributed by atoms with Crippen molar-refractivity contribution in [2.24, 2.45) is 23.7 Å². The summed E-state index contributed by atoms with van der Waals surface area (Å²) in [6, 6.07) is -5.92. The molecule has 0 aromatic carbocycles. The van der Waals surface area contributed by atoms with Crippen molar-refractivity contribution in [2.45, 2.75) is 150 Å². The van der Waals surface area contributed by atoms with Crippen molar-refractivity contribution in [3.05, 3.63) is 0 Å². The quantitative estimate of drug-likeness (QED) is 0.0888. The minimum absolute atomic E-state index is 0.0131. The van der Waals surface area contributed by atoms with E-state index in [4.69, 9.17) is 0 Å². The predicted octanol–water partition coefficient (Wildman–Crippen LogP) is 2.38. The lowest BCUT2D eigenvalue weighted by Gasteiger charge is -2.37. The van der Waals surface area contributed by atoms with Crippen molar-refractivity contribution >= 4 is 59.0 Å². The van der Waals surface area contributed by atoms with E-state index in [9.17, 15) is 38.4 Å². The molecule has 18 heteroatoms. The third kappa shape index (κ3) is 18.8. The summed E-state index contributed by atoms with van der Waals surface area (Å²) in [7, 11) is 11.5. The lowest BCUT2D eigenvalue weighted by Crippen LogP contribution is -2.61. The molecule has 358 valence electrons. The number of nitrogens with zero attached hydrogens (tertiary/aromatic N) is 5. The molecule has 0 spiro atoms. The highest BCUT2D eigenvalue weighted by Gasteiger charge is 2.40. The van der Waals surface area contributed by atoms with E-state index in [0.717, 1.165) is 0 Å². The molecule has 0 aromatic rings. The molecule has 8 amide bonds. The summed E-state index contributed by atoms with van der Waals surface area (Å²) in [5, 5.41) is 9.98. The van der Waals surface area contributed by atoms with Crippen LogP contribution in [0.4, 0.5) is 0 Å². The maximum atomic E-state index is 14.3. The van der Waals surface area contributed by atoms with Crippen LogP contribution in [0.15, 0.2) is 0 Å². The van der Waals surface area contributed by atoms with Gasteiger partial charge >= 0.3 is 0 Å². The zero-order valence-corrected chi connectivity index (χ0v) is 42.0. The van der Waals surface area contributed by atoms with Crippen molar-refractivity contribution in [1.82, 2.24) is 45.8 Å². The first-order valence-corrected chi connectivity index (χ1v) is 23.1. The molecular formula is C44H83N9O8S. The molecule has 0 saturated carbocycles. The molecule has 0 aromatic heterocycles. The number of carbonyl (C=O) groups excluding carboxylic acids is 8. The predicted molar refractivity (Wildman–Crippen MR) is 247 cm³/mol. The highest BCUT2D eigenvalue weighted by atomic mass is 32.2. The molecule has 0 aliphatic carbocycles. The molecule has 0 bridgehead atoms. The largest absolute Gasteiger partial charge is 0.357 e. The number of rotatable bonds is 27. The molecule has 4 N–H and O–H groups in total. The van der Waals surface area contributed by atoms with E-state index in [2.05, 4.69) is 21.3 Å². The second-order valence-electron chi connectivity index (χ2n) is 18.4. The average molecular weight is 898 g/mol. The number of carbonyl (C=O) groups is 8. The topological polar surface area (TPSA) is 201 Å². The van der Waals surface area contributed by atoms with Crippen molar-refractivity contribution in [2.75, 3.05) is 61.6 Å². The summed E-state index contributed by atoms with van der Waals surface area (Å²) in [5.41, 5.74) is 0. The fourth-order valence-corrected chi connectivity index (χ4v) is 8.09. The molecule has 0 aliphatic heterocycles. The van der Waals surface area contributed by atoms with Gasteiger partial charge in [0.25, 0.3) is 5.91 Å². The van der Waals surface area contributed by atoms with E-state index in [1.807, 2.05) is 67.5 Å². The van der Waals surface area contributed by atoms with E-state index < -0.39 is 83.0 Å². The van der Waals surface area contributed by atoms with Gasteiger partial charge in [-0.15, -0.1) is 11.8 Å². The minimum Gasteiger partial charge on any atom is -0.357 e. The number of likely N-dealkylation sites (N-methyl/N-ethyl adjacent to an activating group) is 5. The molecule has 17 nitrogen and oxygen atoms in total. The van der Waals surface area contributed by atoms with Crippen LogP contribution in [0.3, 0.4) is 0 Å². The Balaban J connectivity index is 6.37. The fraction of sp³-hybridized carbons (Fsp3) is 0.818. The molecule has 0 saturated heterocycles. The third-order valence-electron chi connectivity index (χ3n) is 10.6. The Bertz CT molecular complexity index is 1490. The van der Waals surface area contributed by atoms with Crippen LogP contribution in [0.5, 0.6) is 0 Å². The molecule has 7 atom stereocenters. The maximum absolute atomic E-state index is 14.3. The van der Waals surface area contributed by atoms with Gasteiger partial charge in [0, 0.05) is 54.0 Å². The lowest BCUT2D eigenvalue weighted by molar-refractivity contribution is -0.147. The number of hydrogen-bond acceptors (Lipinski definition) is 10. The van der Waals surface area contributed by atoms with E-state index in [1.165, 1.54) is 66.4 Å². The Morgan fingerprint density at radius 3 is 1.35 bits per heavy atom. The summed E-state index contributed by atoms with van der Waals surface area (Å²) in [6.45, 7) is 20.6. The van der Waals surface area contributed by atoms with Gasteiger partial charge in [-0.25, -0.2) is 0 Å². The number of thioether (sulfide) groups is 1. The van der Waals surface area contributed by atoms with Gasteiger partial charge in [-0.05, 0) is 77.3 Å². The molecule has 0 fully saturated rings. The molecular weight excluding hydrogens is 815 g/mol. The highest BCUT2D eigenvalue weighted by Crippen LogP contribution is 2.23. The normalized spacial score (nSPS) is 15.0. The van der Waals surface area contributed by atoms with Crippen molar-refractivity contribution in [3.63, 3.8) is 0 Å². The van der Waals surface area contributed by atoms with Gasteiger partial charge in [-0.3, -0.25) is 38.4 Å². The van der Waals surface area contributed by atoms with Crippen molar-refractivity contribution in [1.29, 1.82) is 0 Å². The van der Waals surface area contributed by atoms with Crippen LogP contribution >= 0.6 is 11.8 Å². The summed E-state index contributed by atoms with van der Waals surface area (Å²) in [5.74, 6) is -3.45. The minimum atomic E-state index is -1.10. The van der Waals surface area contributed by atoms with E-state index in [0.29, 0.717) is 25.1 Å². The van der Waals surface area contributed by atoms with Gasteiger partial charge in [-0.1, -0.05) is 62.3 Å². The smallest absolute Gasteiger partial charge is 0.256 e. The van der Waals surface area contributed by atoms with Gasteiger partial charge in [0.05, 0.1) is 0 Å². The first-order valence-electron chi connectivity index (χ1n) is 22.1. The summed E-state index contributed by atoms with van der Waals surface area (Å²) < 4.78 is 0. The Labute approximate surface area is 377 Å². The van der Waals surface area contributed by atoms with E-state index in [-0.39, 0.29) is 48.8 Å². The van der Waals surface area contributed by atoms with Gasteiger partial charge in [0.2, 0.25) is 41.4 Å². The van der Waals surface area contributed by atoms with Crippen LogP contribution in [0, 0.1) is 23.7 Å². The molecule has 0 rings (SSSR count). The summed E-state index contributed by atoms with van der Waals surface area (Å²) in [6.07, 6.45) is 1.85. The summed E-state index contributed by atoms with van der Waals surface area (Å²) in [4.78, 5) is 116. The zero-order chi connectivity index (χ0) is 48.3. The SMILES string of the molecule is CCCC(=O)N(C)[C@H](SCCN(C)C)C(=O)N(C)[C@@H](CC(C)C)C(=O)N[C@H](C(=O)N(C)[C@@H](CC(C)C)C(=O)N[C@@H](C)C(=O)N[C@H](C)C(=O)N(C)[C@@H](CC(C)C)C(=O)NC)C(C)C. The molecule has 0 heterocycles. The van der Waals surface area contributed by atoms with Gasteiger partial charge in [-0.2, -0.15) is 0 Å². The highest BCUT2D eigenvalue weighted by molar-refractivity contribution is 8.00. The second-order valence-corrected chi connectivity index (χ2v) is 19.6. The number of hydrogen-bond donors (Lipinski definition) is 4. The van der Waals surface area contributed by atoms with Crippen molar-refractivity contribution < 1.29 is 38.4 Å². The second kappa shape index (κ2) is 28.0. The van der Waals surface area contributed by atoms with Crippen LogP contribution in [0.25, 0.3) is 0 Å². The van der Waals surface area contributed by atoms with Crippen LogP contribution in [0.2, 0.25) is 0 Å². The lowest BCUT2D eigenvalue weighted by atomic mass is 9.97. The zero-order valence-electron chi connectivity index (χ0n) is 41.2. The Morgan fingerprint density at radius 1 is 0.516 bits per heavy atom. The third-order valence-corrected chi connectivity index (χ3v) is 11.9. The number of amides is 8. The average Bonchev–Trinajstić information content (AvgIpc) is 3.18. The van der Waals surface area contributed by atoms with E-state index in [1.54, 1.807) is 27.9 Å². The molecule has 0 aliphatic rings. The first kappa shape index (κ1) is 58.1. The van der Waals surface area contributed by atoms with Gasteiger partial charge in [0.15, 0.2) is 5.37 Å². The number of nitrogens with one attached hydrogen (secondary N) is 4. The fourth-order valence-electron chi connectivity index (χ4n) is 6.74. The summed E-state index contributed by atoms with van der Waals surface area (Å²) >= 11 is 1.34. The monoisotopic (exact) mass is 898 g/mol. The standard InChI is InChI=1S/C44H83N9O8S/c1-19-20-35(54)53(18)44(62-22-21-49(13)14)43(61)52(17)34(25-28(6)7)40(58)48-36(29(8)9)42(60)51(16)33(24-27(4)5)39(57)46-30(10)37(55)47-31(11)41(59)50(15)32(23-26(2)3)38(56)45-12/h26-34,36,44H,19-25H2,1-18H3,(H,45,56)(H,46,57)(H,47,55)(H,48,58)/t30-,31+,32-,33-,34-,36-,44+/m0/s1. The maximum Gasteiger partial charge on any atom is 0.256 e. The van der Waals surface area contributed by atoms with E-state index >= 15 is 0 Å². The van der Waals surface area contributed by atoms with Crippen LogP contribution < -0.4 is 21.3 Å². The molecule has 0 unspecified atom stereocenters. The van der Waals surface area contributed by atoms with Gasteiger partial charge < -0.3 is 45.8 Å². The van der Waals surface area contributed by atoms with Crippen LogP contribution in [-0.4, -0.2) is 175 Å². The van der Waals surface area contributed by atoms with Gasteiger partial charge in [0.1, 0.15) is 36.3 Å².